The smallest absolute Gasteiger partial charge is 0.141 e. The number of nitrogens with zero attached hydrogens (tertiary/aromatic N) is 1. The molecule has 2 aromatic rings. The molecule has 32 heavy (non-hydrogen) atoms. The van der Waals surface area contributed by atoms with Gasteiger partial charge >= 0.3 is 0 Å². The summed E-state index contributed by atoms with van der Waals surface area (Å²) in [5.41, 5.74) is 3.30. The fourth-order valence-electron chi connectivity index (χ4n) is 5.22. The van der Waals surface area contributed by atoms with Crippen molar-refractivity contribution in [1.82, 2.24) is 0 Å². The molecule has 1 saturated carbocycles. The van der Waals surface area contributed by atoms with Crippen molar-refractivity contribution < 1.29 is 4.39 Å². The number of benzene rings is 2. The molecule has 1 aliphatic carbocycles. The van der Waals surface area contributed by atoms with Crippen LogP contribution in [0.3, 0.4) is 0 Å². The topological polar surface area (TPSA) is 23.8 Å². The van der Waals surface area contributed by atoms with Crippen molar-refractivity contribution in [3.05, 3.63) is 59.4 Å². The van der Waals surface area contributed by atoms with Crippen molar-refractivity contribution in [2.45, 2.75) is 96.8 Å². The summed E-state index contributed by atoms with van der Waals surface area (Å²) in [6, 6.07) is 15.2. The molecule has 1 aliphatic rings. The predicted octanol–water partition coefficient (Wildman–Crippen LogP) is 9.24. The minimum Gasteiger partial charge on any atom is -0.206 e. The Hall–Kier alpha value is -2.14. The molecule has 0 aliphatic heterocycles. The maximum absolute atomic E-state index is 13.9. The summed E-state index contributed by atoms with van der Waals surface area (Å²) in [6.07, 6.45) is 19.5. The first kappa shape index (κ1) is 24.5. The van der Waals surface area contributed by atoms with E-state index in [4.69, 9.17) is 5.26 Å². The highest BCUT2D eigenvalue weighted by Crippen LogP contribution is 2.34. The fraction of sp³-hybridized carbons (Fsp3) is 0.567. The molecule has 1 nitrogen and oxygen atoms in total. The van der Waals surface area contributed by atoms with Crippen molar-refractivity contribution in [1.29, 1.82) is 5.26 Å². The Morgan fingerprint density at radius 3 is 2.00 bits per heavy atom. The number of hydrogen-bond acceptors (Lipinski definition) is 1. The van der Waals surface area contributed by atoms with E-state index in [0.29, 0.717) is 0 Å². The monoisotopic (exact) mass is 433 g/mol. The molecule has 0 unspecified atom stereocenters. The Labute approximate surface area is 195 Å². The van der Waals surface area contributed by atoms with Crippen LogP contribution in [0.1, 0.15) is 102 Å². The maximum Gasteiger partial charge on any atom is 0.141 e. The lowest BCUT2D eigenvalue weighted by Gasteiger charge is -2.28. The van der Waals surface area contributed by atoms with Crippen LogP contribution in [-0.2, 0) is 6.42 Å². The van der Waals surface area contributed by atoms with Crippen LogP contribution in [-0.4, -0.2) is 0 Å². The lowest BCUT2D eigenvalue weighted by molar-refractivity contribution is 0.248. The van der Waals surface area contributed by atoms with E-state index in [-0.39, 0.29) is 5.56 Å². The van der Waals surface area contributed by atoms with Crippen molar-refractivity contribution >= 4 is 0 Å². The fourth-order valence-corrected chi connectivity index (χ4v) is 5.22. The third-order valence-corrected chi connectivity index (χ3v) is 7.40. The largest absolute Gasteiger partial charge is 0.206 e. The molecular formula is C30H40FN. The number of halogens is 1. The summed E-state index contributed by atoms with van der Waals surface area (Å²) in [6.45, 7) is 2.29. The molecule has 2 aromatic carbocycles. The average molecular weight is 434 g/mol. The van der Waals surface area contributed by atoms with Gasteiger partial charge in [0, 0.05) is 0 Å². The average Bonchev–Trinajstić information content (AvgIpc) is 2.83. The summed E-state index contributed by atoms with van der Waals surface area (Å²) >= 11 is 0. The highest BCUT2D eigenvalue weighted by molar-refractivity contribution is 5.64. The van der Waals surface area contributed by atoms with Gasteiger partial charge in [-0.3, -0.25) is 0 Å². The molecule has 0 spiro atoms. The molecule has 2 heteroatoms. The second-order valence-electron chi connectivity index (χ2n) is 9.84. The first-order valence-electron chi connectivity index (χ1n) is 13.0. The van der Waals surface area contributed by atoms with Gasteiger partial charge in [0.15, 0.2) is 0 Å². The Morgan fingerprint density at radius 1 is 0.781 bits per heavy atom. The van der Waals surface area contributed by atoms with Gasteiger partial charge in [0.2, 0.25) is 0 Å². The van der Waals surface area contributed by atoms with Crippen molar-refractivity contribution in [3.8, 4) is 17.2 Å². The van der Waals surface area contributed by atoms with E-state index in [1.807, 2.05) is 12.1 Å². The second-order valence-corrected chi connectivity index (χ2v) is 9.84. The minimum atomic E-state index is -0.448. The number of unbranched alkanes of at least 4 members (excludes halogenated alkanes) is 6. The third kappa shape index (κ3) is 7.77. The molecule has 0 N–H and O–H groups in total. The van der Waals surface area contributed by atoms with Gasteiger partial charge in [-0.1, -0.05) is 114 Å². The predicted molar refractivity (Wildman–Crippen MR) is 133 cm³/mol. The van der Waals surface area contributed by atoms with Crippen LogP contribution in [0.5, 0.6) is 0 Å². The number of aryl methyl sites for hydroxylation is 1. The first-order valence-corrected chi connectivity index (χ1v) is 13.0. The van der Waals surface area contributed by atoms with Gasteiger partial charge in [-0.05, 0) is 53.5 Å². The Balaban J connectivity index is 1.34. The first-order chi connectivity index (χ1) is 15.7. The zero-order chi connectivity index (χ0) is 22.6. The molecule has 172 valence electrons. The zero-order valence-corrected chi connectivity index (χ0v) is 19.9. The molecule has 0 saturated heterocycles. The third-order valence-electron chi connectivity index (χ3n) is 7.40. The molecule has 3 rings (SSSR count). The normalized spacial score (nSPS) is 18.4. The van der Waals surface area contributed by atoms with E-state index in [1.165, 1.54) is 95.1 Å². The summed E-state index contributed by atoms with van der Waals surface area (Å²) in [7, 11) is 0. The zero-order valence-electron chi connectivity index (χ0n) is 19.9. The van der Waals surface area contributed by atoms with E-state index in [2.05, 4.69) is 31.2 Å². The van der Waals surface area contributed by atoms with Crippen LogP contribution in [0.25, 0.3) is 11.1 Å². The van der Waals surface area contributed by atoms with Crippen LogP contribution >= 0.6 is 0 Å². The van der Waals surface area contributed by atoms with Crippen LogP contribution in [0, 0.1) is 29.0 Å². The molecule has 1 fully saturated rings. The molecule has 0 atom stereocenters. The maximum atomic E-state index is 13.9. The molecular weight excluding hydrogens is 393 g/mol. The van der Waals surface area contributed by atoms with Crippen molar-refractivity contribution in [2.24, 2.45) is 11.8 Å². The minimum absolute atomic E-state index is 0.0995. The van der Waals surface area contributed by atoms with Gasteiger partial charge in [-0.15, -0.1) is 0 Å². The quantitative estimate of drug-likeness (QED) is 0.306. The number of nitriles is 1. The molecule has 0 radical (unpaired) electrons. The Morgan fingerprint density at radius 2 is 1.38 bits per heavy atom. The lowest BCUT2D eigenvalue weighted by atomic mass is 9.77. The molecule has 0 aromatic heterocycles. The summed E-state index contributed by atoms with van der Waals surface area (Å²) in [5.74, 6) is 1.42. The highest BCUT2D eigenvalue weighted by Gasteiger charge is 2.20. The number of rotatable bonds is 12. The summed E-state index contributed by atoms with van der Waals surface area (Å²) in [5, 5.41) is 8.89. The van der Waals surface area contributed by atoms with Gasteiger partial charge in [-0.25, -0.2) is 4.39 Å². The van der Waals surface area contributed by atoms with E-state index in [0.717, 1.165) is 29.4 Å². The summed E-state index contributed by atoms with van der Waals surface area (Å²) in [4.78, 5) is 0. The molecule has 0 amide bonds. The number of hydrogen-bond donors (Lipinski definition) is 0. The van der Waals surface area contributed by atoms with Crippen molar-refractivity contribution in [2.75, 3.05) is 0 Å². The van der Waals surface area contributed by atoms with E-state index < -0.39 is 5.82 Å². The van der Waals surface area contributed by atoms with Gasteiger partial charge in [-0.2, -0.15) is 5.26 Å². The van der Waals surface area contributed by atoms with Crippen LogP contribution in [0.15, 0.2) is 42.5 Å². The standard InChI is InChI=1S/C30H40FN/c1-2-3-4-5-6-7-8-9-24-10-12-25(13-11-24)14-15-26-16-18-27(19-17-26)28-20-21-29(23-32)30(31)22-28/h16-22,24-25H,2-15H2,1H3. The van der Waals surface area contributed by atoms with E-state index in [9.17, 15) is 4.39 Å². The van der Waals surface area contributed by atoms with Gasteiger partial charge in [0.1, 0.15) is 11.9 Å². The van der Waals surface area contributed by atoms with Crippen LogP contribution in [0.4, 0.5) is 4.39 Å². The van der Waals surface area contributed by atoms with Gasteiger partial charge < -0.3 is 0 Å². The molecule has 0 heterocycles. The van der Waals surface area contributed by atoms with E-state index in [1.54, 1.807) is 6.07 Å². The lowest BCUT2D eigenvalue weighted by Crippen LogP contribution is -2.15. The Bertz CT molecular complexity index is 840. The van der Waals surface area contributed by atoms with Crippen LogP contribution in [0.2, 0.25) is 0 Å². The summed E-state index contributed by atoms with van der Waals surface area (Å²) < 4.78 is 13.9. The highest BCUT2D eigenvalue weighted by atomic mass is 19.1. The van der Waals surface area contributed by atoms with Gasteiger partial charge in [0.05, 0.1) is 5.56 Å². The SMILES string of the molecule is CCCCCCCCCC1CCC(CCc2ccc(-c3ccc(C#N)c(F)c3)cc2)CC1. The van der Waals surface area contributed by atoms with Crippen molar-refractivity contribution in [3.63, 3.8) is 0 Å². The second kappa shape index (κ2) is 13.4. The Kier molecular flexibility index (Phi) is 10.3. The van der Waals surface area contributed by atoms with Gasteiger partial charge in [0.25, 0.3) is 0 Å². The van der Waals surface area contributed by atoms with Crippen LogP contribution < -0.4 is 0 Å². The molecule has 0 bridgehead atoms. The van der Waals surface area contributed by atoms with E-state index >= 15 is 0 Å².